The molecule has 0 aliphatic heterocycles. The van der Waals surface area contributed by atoms with Crippen LogP contribution in [0.4, 0.5) is 30.6 Å². The quantitative estimate of drug-likeness (QED) is 0.762. The molecular weight excluding hydrogens is 385 g/mol. The Morgan fingerprint density at radius 1 is 1.26 bits per heavy atom. The van der Waals surface area contributed by atoms with Crippen molar-refractivity contribution < 1.29 is 26.3 Å². The number of ether oxygens (including phenoxy) is 1. The second kappa shape index (κ2) is 7.59. The van der Waals surface area contributed by atoms with E-state index in [-0.39, 0.29) is 29.0 Å². The van der Waals surface area contributed by atoms with Crippen LogP contribution in [0.3, 0.4) is 0 Å². The molecule has 0 unspecified atom stereocenters. The highest BCUT2D eigenvalue weighted by molar-refractivity contribution is 7.90. The number of sulfone groups is 1. The predicted octanol–water partition coefficient (Wildman–Crippen LogP) is 3.39. The number of halogens is 3. The zero-order chi connectivity index (χ0) is 20.4. The zero-order valence-electron chi connectivity index (χ0n) is 15.1. The third-order valence-electron chi connectivity index (χ3n) is 3.58. The molecule has 0 amide bonds. The van der Waals surface area contributed by atoms with Crippen molar-refractivity contribution in [3.8, 4) is 5.75 Å². The highest BCUT2D eigenvalue weighted by atomic mass is 32.2. The molecule has 27 heavy (non-hydrogen) atoms. The van der Waals surface area contributed by atoms with Gasteiger partial charge in [0.05, 0.1) is 17.7 Å². The number of aromatic nitrogens is 2. The van der Waals surface area contributed by atoms with Crippen molar-refractivity contribution in [3.63, 3.8) is 0 Å². The average Bonchev–Trinajstić information content (AvgIpc) is 2.53. The summed E-state index contributed by atoms with van der Waals surface area (Å²) in [5.41, 5.74) is -0.213. The van der Waals surface area contributed by atoms with Crippen LogP contribution in [0.1, 0.15) is 18.1 Å². The molecule has 2 aromatic rings. The van der Waals surface area contributed by atoms with E-state index in [1.807, 2.05) is 0 Å². The van der Waals surface area contributed by atoms with Gasteiger partial charge >= 0.3 is 6.18 Å². The summed E-state index contributed by atoms with van der Waals surface area (Å²) in [6.07, 6.45) is -2.84. The second-order valence-corrected chi connectivity index (χ2v) is 7.68. The number of hydrogen-bond donors (Lipinski definition) is 2. The summed E-state index contributed by atoms with van der Waals surface area (Å²) in [4.78, 5) is 7.67. The van der Waals surface area contributed by atoms with Gasteiger partial charge in [-0.1, -0.05) is 0 Å². The van der Waals surface area contributed by atoms with Gasteiger partial charge in [0.2, 0.25) is 5.95 Å². The summed E-state index contributed by atoms with van der Waals surface area (Å²) < 4.78 is 68.0. The molecule has 0 atom stereocenters. The van der Waals surface area contributed by atoms with Gasteiger partial charge in [0.1, 0.15) is 17.1 Å². The Bertz CT molecular complexity index is 947. The molecule has 2 rings (SSSR count). The van der Waals surface area contributed by atoms with Gasteiger partial charge in [-0.2, -0.15) is 18.2 Å². The lowest BCUT2D eigenvalue weighted by Gasteiger charge is -2.16. The van der Waals surface area contributed by atoms with E-state index in [2.05, 4.69) is 20.6 Å². The SMILES string of the molecule is CCNc1nc(Nc2cc(C)c(S(C)(=O)=O)cc2OC)ncc1C(F)(F)F. The first kappa shape index (κ1) is 20.7. The summed E-state index contributed by atoms with van der Waals surface area (Å²) in [6.45, 7) is 3.48. The van der Waals surface area contributed by atoms with Crippen LogP contribution in [0.15, 0.2) is 23.2 Å². The molecule has 0 radical (unpaired) electrons. The standard InChI is InChI=1S/C16H19F3N4O3S/c1-5-20-14-10(16(17,18)19)8-21-15(23-14)22-11-6-9(2)13(27(4,24)25)7-12(11)26-3/h6-8H,5H2,1-4H3,(H2,20,21,22,23). The van der Waals surface area contributed by atoms with E-state index in [9.17, 15) is 21.6 Å². The number of rotatable bonds is 6. The average molecular weight is 404 g/mol. The molecule has 0 bridgehead atoms. The van der Waals surface area contributed by atoms with Crippen LogP contribution in [0, 0.1) is 6.92 Å². The van der Waals surface area contributed by atoms with Gasteiger partial charge in [0.25, 0.3) is 0 Å². The summed E-state index contributed by atoms with van der Waals surface area (Å²) in [7, 11) is -2.12. The van der Waals surface area contributed by atoms with Crippen molar-refractivity contribution in [2.75, 3.05) is 30.5 Å². The van der Waals surface area contributed by atoms with E-state index in [1.54, 1.807) is 13.8 Å². The molecule has 0 fully saturated rings. The van der Waals surface area contributed by atoms with Crippen LogP contribution in [-0.4, -0.2) is 38.3 Å². The minimum absolute atomic E-state index is 0.0894. The van der Waals surface area contributed by atoms with Crippen molar-refractivity contribution in [2.24, 2.45) is 0 Å². The molecule has 0 aliphatic rings. The molecular formula is C16H19F3N4O3S. The van der Waals surface area contributed by atoms with Gasteiger partial charge in [0, 0.05) is 25.1 Å². The van der Waals surface area contributed by atoms with Gasteiger partial charge in [-0.05, 0) is 25.5 Å². The lowest BCUT2D eigenvalue weighted by Crippen LogP contribution is -2.14. The number of methoxy groups -OCH3 is 1. The van der Waals surface area contributed by atoms with Gasteiger partial charge < -0.3 is 15.4 Å². The molecule has 0 saturated heterocycles. The Balaban J connectivity index is 2.48. The van der Waals surface area contributed by atoms with Crippen LogP contribution < -0.4 is 15.4 Å². The number of anilines is 3. The topological polar surface area (TPSA) is 93.2 Å². The minimum atomic E-state index is -4.60. The molecule has 7 nitrogen and oxygen atoms in total. The maximum absolute atomic E-state index is 13.0. The molecule has 1 heterocycles. The Morgan fingerprint density at radius 2 is 1.93 bits per heavy atom. The molecule has 0 aliphatic carbocycles. The molecule has 0 spiro atoms. The fourth-order valence-electron chi connectivity index (χ4n) is 2.41. The first-order chi connectivity index (χ1) is 12.5. The van der Waals surface area contributed by atoms with Crippen LogP contribution in [0.5, 0.6) is 5.75 Å². The van der Waals surface area contributed by atoms with E-state index in [1.165, 1.54) is 19.2 Å². The number of hydrogen-bond acceptors (Lipinski definition) is 7. The minimum Gasteiger partial charge on any atom is -0.495 e. The summed E-state index contributed by atoms with van der Waals surface area (Å²) in [5.74, 6) is -0.260. The predicted molar refractivity (Wildman–Crippen MR) is 95.3 cm³/mol. The molecule has 2 N–H and O–H groups in total. The fraction of sp³-hybridized carbons (Fsp3) is 0.375. The van der Waals surface area contributed by atoms with Crippen molar-refractivity contribution in [1.29, 1.82) is 0 Å². The highest BCUT2D eigenvalue weighted by Gasteiger charge is 2.35. The number of benzene rings is 1. The first-order valence-corrected chi connectivity index (χ1v) is 9.70. The van der Waals surface area contributed by atoms with Crippen molar-refractivity contribution in [2.45, 2.75) is 24.9 Å². The van der Waals surface area contributed by atoms with Gasteiger partial charge in [-0.15, -0.1) is 0 Å². The first-order valence-electron chi connectivity index (χ1n) is 7.81. The molecule has 1 aromatic heterocycles. The van der Waals surface area contributed by atoms with Crippen LogP contribution in [0.25, 0.3) is 0 Å². The maximum Gasteiger partial charge on any atom is 0.421 e. The Hall–Kier alpha value is -2.56. The smallest absolute Gasteiger partial charge is 0.421 e. The Morgan fingerprint density at radius 3 is 2.44 bits per heavy atom. The van der Waals surface area contributed by atoms with E-state index in [4.69, 9.17) is 4.74 Å². The maximum atomic E-state index is 13.0. The largest absolute Gasteiger partial charge is 0.495 e. The number of nitrogens with zero attached hydrogens (tertiary/aromatic N) is 2. The molecule has 0 saturated carbocycles. The normalized spacial score (nSPS) is 12.0. The van der Waals surface area contributed by atoms with Crippen molar-refractivity contribution in [3.05, 3.63) is 29.5 Å². The third-order valence-corrected chi connectivity index (χ3v) is 4.82. The zero-order valence-corrected chi connectivity index (χ0v) is 15.9. The summed E-state index contributed by atoms with van der Waals surface area (Å²) >= 11 is 0. The Labute approximate surface area is 154 Å². The lowest BCUT2D eigenvalue weighted by molar-refractivity contribution is -0.137. The van der Waals surface area contributed by atoms with Crippen molar-refractivity contribution in [1.82, 2.24) is 9.97 Å². The van der Waals surface area contributed by atoms with E-state index in [0.717, 1.165) is 6.26 Å². The number of aryl methyl sites for hydroxylation is 1. The van der Waals surface area contributed by atoms with Crippen LogP contribution in [-0.2, 0) is 16.0 Å². The molecule has 11 heteroatoms. The van der Waals surface area contributed by atoms with Crippen molar-refractivity contribution >= 4 is 27.3 Å². The summed E-state index contributed by atoms with van der Waals surface area (Å²) in [6, 6.07) is 2.84. The van der Waals surface area contributed by atoms with E-state index >= 15 is 0 Å². The van der Waals surface area contributed by atoms with E-state index in [0.29, 0.717) is 17.4 Å². The van der Waals surface area contributed by atoms with E-state index < -0.39 is 21.6 Å². The summed E-state index contributed by atoms with van der Waals surface area (Å²) in [5, 5.41) is 5.33. The van der Waals surface area contributed by atoms with Crippen LogP contribution >= 0.6 is 0 Å². The van der Waals surface area contributed by atoms with Gasteiger partial charge in [0.15, 0.2) is 9.84 Å². The molecule has 148 valence electrons. The highest BCUT2D eigenvalue weighted by Crippen LogP contribution is 2.35. The third kappa shape index (κ3) is 4.79. The molecule has 1 aromatic carbocycles. The second-order valence-electron chi connectivity index (χ2n) is 5.70. The monoisotopic (exact) mass is 404 g/mol. The number of alkyl halides is 3. The lowest BCUT2D eigenvalue weighted by atomic mass is 10.2. The Kier molecular flexibility index (Phi) is 5.83. The number of nitrogens with one attached hydrogen (secondary N) is 2. The van der Waals surface area contributed by atoms with Gasteiger partial charge in [-0.3, -0.25) is 0 Å². The van der Waals surface area contributed by atoms with Crippen LogP contribution in [0.2, 0.25) is 0 Å². The fourth-order valence-corrected chi connectivity index (χ4v) is 3.37. The van der Waals surface area contributed by atoms with Gasteiger partial charge in [-0.25, -0.2) is 13.4 Å².